The van der Waals surface area contributed by atoms with Crippen molar-refractivity contribution in [2.24, 2.45) is 0 Å². The standard InChI is InChI=1S/C12H16O2.C2H6/c1-5-10-6-8(2)9(3)7-11(10)12(13)14-4;1-2/h6-7H,5H2,1-4H3;1-2H3. The fourth-order valence-corrected chi connectivity index (χ4v) is 1.47. The number of aryl methyl sites for hydroxylation is 3. The molecule has 0 spiro atoms. The fraction of sp³-hybridized carbons (Fsp3) is 0.500. The predicted molar refractivity (Wildman–Crippen MR) is 68.0 cm³/mol. The van der Waals surface area contributed by atoms with Gasteiger partial charge in [0.05, 0.1) is 12.7 Å². The third kappa shape index (κ3) is 3.37. The zero-order valence-electron chi connectivity index (χ0n) is 11.2. The normalized spacial score (nSPS) is 9.12. The zero-order valence-corrected chi connectivity index (χ0v) is 11.2. The van der Waals surface area contributed by atoms with Crippen LogP contribution in [0.4, 0.5) is 0 Å². The summed E-state index contributed by atoms with van der Waals surface area (Å²) in [5.74, 6) is -0.245. The number of rotatable bonds is 2. The van der Waals surface area contributed by atoms with Crippen LogP contribution >= 0.6 is 0 Å². The van der Waals surface area contributed by atoms with Crippen molar-refractivity contribution in [2.45, 2.75) is 41.0 Å². The largest absolute Gasteiger partial charge is 0.465 e. The van der Waals surface area contributed by atoms with Crippen molar-refractivity contribution in [1.29, 1.82) is 0 Å². The first-order valence-corrected chi connectivity index (χ1v) is 5.78. The number of hydrogen-bond donors (Lipinski definition) is 0. The molecule has 90 valence electrons. The maximum absolute atomic E-state index is 11.4. The highest BCUT2D eigenvalue weighted by atomic mass is 16.5. The molecular formula is C14H22O2. The van der Waals surface area contributed by atoms with Crippen LogP contribution in [0.2, 0.25) is 0 Å². The second-order valence-electron chi connectivity index (χ2n) is 3.44. The molecule has 0 saturated carbocycles. The summed E-state index contributed by atoms with van der Waals surface area (Å²) in [6.07, 6.45) is 0.853. The van der Waals surface area contributed by atoms with E-state index < -0.39 is 0 Å². The molecule has 0 aliphatic carbocycles. The molecule has 0 heterocycles. The van der Waals surface area contributed by atoms with Gasteiger partial charge in [0.1, 0.15) is 0 Å². The molecule has 0 aliphatic heterocycles. The molecule has 0 saturated heterocycles. The Morgan fingerprint density at radius 2 is 1.69 bits per heavy atom. The first-order chi connectivity index (χ1) is 7.60. The van der Waals surface area contributed by atoms with Crippen LogP contribution in [-0.2, 0) is 11.2 Å². The monoisotopic (exact) mass is 222 g/mol. The van der Waals surface area contributed by atoms with E-state index in [2.05, 4.69) is 13.0 Å². The lowest BCUT2D eigenvalue weighted by Crippen LogP contribution is -2.06. The SMILES string of the molecule is CC.CCc1cc(C)c(C)cc1C(=O)OC. The summed E-state index contributed by atoms with van der Waals surface area (Å²) in [6, 6.07) is 3.96. The number of benzene rings is 1. The van der Waals surface area contributed by atoms with Crippen molar-refractivity contribution in [1.82, 2.24) is 0 Å². The number of ether oxygens (including phenoxy) is 1. The van der Waals surface area contributed by atoms with E-state index in [0.717, 1.165) is 17.5 Å². The molecule has 0 amide bonds. The van der Waals surface area contributed by atoms with E-state index in [9.17, 15) is 4.79 Å². The molecule has 0 aromatic heterocycles. The smallest absolute Gasteiger partial charge is 0.338 e. The van der Waals surface area contributed by atoms with Gasteiger partial charge in [-0.3, -0.25) is 0 Å². The summed E-state index contributed by atoms with van der Waals surface area (Å²) >= 11 is 0. The molecule has 2 nitrogen and oxygen atoms in total. The van der Waals surface area contributed by atoms with Crippen LogP contribution in [0, 0.1) is 13.8 Å². The Kier molecular flexibility index (Phi) is 6.47. The molecule has 1 rings (SSSR count). The number of esters is 1. The highest BCUT2D eigenvalue weighted by Gasteiger charge is 2.11. The van der Waals surface area contributed by atoms with Gasteiger partial charge in [-0.25, -0.2) is 4.79 Å². The highest BCUT2D eigenvalue weighted by molar-refractivity contribution is 5.91. The number of carbonyl (C=O) groups excluding carboxylic acids is 1. The van der Waals surface area contributed by atoms with E-state index in [1.165, 1.54) is 12.7 Å². The van der Waals surface area contributed by atoms with Crippen LogP contribution in [0.25, 0.3) is 0 Å². The minimum atomic E-state index is -0.245. The molecule has 0 unspecified atom stereocenters. The summed E-state index contributed by atoms with van der Waals surface area (Å²) in [5.41, 5.74) is 4.09. The molecule has 0 fully saturated rings. The van der Waals surface area contributed by atoms with Crippen LogP contribution < -0.4 is 0 Å². The molecule has 0 radical (unpaired) electrons. The third-order valence-corrected chi connectivity index (χ3v) is 2.51. The van der Waals surface area contributed by atoms with Crippen LogP contribution in [0.15, 0.2) is 12.1 Å². The van der Waals surface area contributed by atoms with Gasteiger partial charge in [0.25, 0.3) is 0 Å². The summed E-state index contributed by atoms with van der Waals surface area (Å²) in [6.45, 7) is 10.1. The van der Waals surface area contributed by atoms with E-state index in [0.29, 0.717) is 5.56 Å². The summed E-state index contributed by atoms with van der Waals surface area (Å²) in [7, 11) is 1.41. The second kappa shape index (κ2) is 7.04. The Balaban J connectivity index is 0.00000106. The quantitative estimate of drug-likeness (QED) is 0.713. The van der Waals surface area contributed by atoms with E-state index in [1.807, 2.05) is 33.8 Å². The Bertz CT molecular complexity index is 354. The van der Waals surface area contributed by atoms with Gasteiger partial charge in [0, 0.05) is 0 Å². The lowest BCUT2D eigenvalue weighted by molar-refractivity contribution is 0.0599. The number of hydrogen-bond acceptors (Lipinski definition) is 2. The van der Waals surface area contributed by atoms with E-state index >= 15 is 0 Å². The Morgan fingerprint density at radius 1 is 1.19 bits per heavy atom. The Labute approximate surface area is 98.6 Å². The van der Waals surface area contributed by atoms with Crippen molar-refractivity contribution in [2.75, 3.05) is 7.11 Å². The third-order valence-electron chi connectivity index (χ3n) is 2.51. The second-order valence-corrected chi connectivity index (χ2v) is 3.44. The molecule has 0 N–H and O–H groups in total. The average Bonchev–Trinajstić information content (AvgIpc) is 2.33. The van der Waals surface area contributed by atoms with Crippen LogP contribution in [0.5, 0.6) is 0 Å². The minimum Gasteiger partial charge on any atom is -0.465 e. The van der Waals surface area contributed by atoms with E-state index in [1.54, 1.807) is 0 Å². The van der Waals surface area contributed by atoms with Crippen molar-refractivity contribution in [3.8, 4) is 0 Å². The first kappa shape index (κ1) is 14.7. The summed E-state index contributed by atoms with van der Waals surface area (Å²) in [5, 5.41) is 0. The van der Waals surface area contributed by atoms with Crippen molar-refractivity contribution in [3.05, 3.63) is 34.4 Å². The molecule has 1 aromatic rings. The first-order valence-electron chi connectivity index (χ1n) is 5.78. The molecular weight excluding hydrogens is 200 g/mol. The molecule has 16 heavy (non-hydrogen) atoms. The van der Waals surface area contributed by atoms with Gasteiger partial charge in [-0.2, -0.15) is 0 Å². The molecule has 0 bridgehead atoms. The molecule has 0 aliphatic rings. The van der Waals surface area contributed by atoms with Gasteiger partial charge >= 0.3 is 5.97 Å². The highest BCUT2D eigenvalue weighted by Crippen LogP contribution is 2.17. The summed E-state index contributed by atoms with van der Waals surface area (Å²) in [4.78, 5) is 11.4. The molecule has 0 atom stereocenters. The van der Waals surface area contributed by atoms with Crippen molar-refractivity contribution in [3.63, 3.8) is 0 Å². The molecule has 1 aromatic carbocycles. The van der Waals surface area contributed by atoms with E-state index in [4.69, 9.17) is 4.74 Å². The van der Waals surface area contributed by atoms with Gasteiger partial charge in [-0.15, -0.1) is 0 Å². The Morgan fingerprint density at radius 3 is 2.12 bits per heavy atom. The van der Waals surface area contributed by atoms with Gasteiger partial charge in [0.15, 0.2) is 0 Å². The van der Waals surface area contributed by atoms with Gasteiger partial charge in [-0.05, 0) is 43.0 Å². The zero-order chi connectivity index (χ0) is 12.7. The van der Waals surface area contributed by atoms with Crippen molar-refractivity contribution < 1.29 is 9.53 Å². The number of methoxy groups -OCH3 is 1. The van der Waals surface area contributed by atoms with Crippen molar-refractivity contribution >= 4 is 5.97 Å². The maximum atomic E-state index is 11.4. The van der Waals surface area contributed by atoms with Crippen LogP contribution in [0.1, 0.15) is 47.8 Å². The number of carbonyl (C=O) groups is 1. The Hall–Kier alpha value is -1.31. The molecule has 2 heteroatoms. The van der Waals surface area contributed by atoms with Crippen LogP contribution in [-0.4, -0.2) is 13.1 Å². The predicted octanol–water partition coefficient (Wildman–Crippen LogP) is 3.68. The minimum absolute atomic E-state index is 0.245. The van der Waals surface area contributed by atoms with Crippen LogP contribution in [0.3, 0.4) is 0 Å². The maximum Gasteiger partial charge on any atom is 0.338 e. The van der Waals surface area contributed by atoms with Gasteiger partial charge in [0.2, 0.25) is 0 Å². The topological polar surface area (TPSA) is 26.3 Å². The lowest BCUT2D eigenvalue weighted by Gasteiger charge is -2.09. The fourth-order valence-electron chi connectivity index (χ4n) is 1.47. The lowest BCUT2D eigenvalue weighted by atomic mass is 9.98. The average molecular weight is 222 g/mol. The van der Waals surface area contributed by atoms with Gasteiger partial charge in [-0.1, -0.05) is 26.8 Å². The van der Waals surface area contributed by atoms with Gasteiger partial charge < -0.3 is 4.74 Å². The summed E-state index contributed by atoms with van der Waals surface area (Å²) < 4.78 is 4.73. The van der Waals surface area contributed by atoms with E-state index in [-0.39, 0.29) is 5.97 Å².